The lowest BCUT2D eigenvalue weighted by molar-refractivity contribution is 0.0788. The lowest BCUT2D eigenvalue weighted by Gasteiger charge is -2.38. The molecule has 2 aromatic heterocycles. The van der Waals surface area contributed by atoms with E-state index in [1.54, 1.807) is 6.08 Å². The third kappa shape index (κ3) is 3.60. The normalized spacial score (nSPS) is 13.1. The molecule has 0 unspecified atom stereocenters. The van der Waals surface area contributed by atoms with Crippen LogP contribution in [0.25, 0.3) is 11.0 Å². The Labute approximate surface area is 153 Å². The van der Waals surface area contributed by atoms with Crippen LogP contribution in [-0.2, 0) is 6.54 Å². The van der Waals surface area contributed by atoms with E-state index in [9.17, 15) is 9.90 Å². The second-order valence-corrected chi connectivity index (χ2v) is 7.64. The van der Waals surface area contributed by atoms with Crippen molar-refractivity contribution in [3.05, 3.63) is 33.9 Å². The van der Waals surface area contributed by atoms with E-state index >= 15 is 0 Å². The van der Waals surface area contributed by atoms with E-state index in [1.807, 2.05) is 31.5 Å². The van der Waals surface area contributed by atoms with E-state index in [-0.39, 0.29) is 0 Å². The van der Waals surface area contributed by atoms with E-state index in [0.29, 0.717) is 17.3 Å². The van der Waals surface area contributed by atoms with Gasteiger partial charge in [0.2, 0.25) is 0 Å². The van der Waals surface area contributed by atoms with Crippen LogP contribution in [0, 0.1) is 3.57 Å². The van der Waals surface area contributed by atoms with Gasteiger partial charge in [0.1, 0.15) is 17.1 Å². The zero-order valence-corrected chi connectivity index (χ0v) is 16.0. The molecule has 0 aliphatic carbocycles. The van der Waals surface area contributed by atoms with Crippen molar-refractivity contribution in [2.75, 3.05) is 0 Å². The number of amides is 1. The molecule has 0 bridgehead atoms. The fourth-order valence-corrected chi connectivity index (χ4v) is 3.79. The molecule has 0 spiro atoms. The van der Waals surface area contributed by atoms with Crippen LogP contribution in [0.1, 0.15) is 20.8 Å². The van der Waals surface area contributed by atoms with E-state index < -0.39 is 17.7 Å². The number of hydrogen-bond acceptors (Lipinski definition) is 3. The highest BCUT2D eigenvalue weighted by molar-refractivity contribution is 14.1. The Morgan fingerprint density at radius 1 is 1.57 bits per heavy atom. The Balaban J connectivity index is 2.46. The summed E-state index contributed by atoms with van der Waals surface area (Å²) in [6.45, 7) is 9.77. The van der Waals surface area contributed by atoms with Gasteiger partial charge in [-0.15, -0.1) is 6.58 Å². The van der Waals surface area contributed by atoms with Gasteiger partial charge in [-0.1, -0.05) is 17.7 Å². The zero-order valence-electron chi connectivity index (χ0n) is 13.1. The van der Waals surface area contributed by atoms with Crippen molar-refractivity contribution in [1.82, 2.24) is 19.4 Å². The quantitative estimate of drug-likeness (QED) is 0.436. The zero-order chi connectivity index (χ0) is 17.4. The molecule has 0 fully saturated rings. The van der Waals surface area contributed by atoms with E-state index in [2.05, 4.69) is 39.1 Å². The summed E-state index contributed by atoms with van der Waals surface area (Å²) in [5.41, 5.74) is 0.133. The number of carboxylic acid groups (broad SMARTS) is 1. The maximum absolute atomic E-state index is 11.7. The third-order valence-corrected chi connectivity index (χ3v) is 4.58. The number of rotatable bonds is 4. The van der Waals surface area contributed by atoms with Crippen molar-refractivity contribution < 1.29 is 9.90 Å². The van der Waals surface area contributed by atoms with Crippen LogP contribution in [-0.4, -0.2) is 42.2 Å². The largest absolute Gasteiger partial charge is 0.465 e. The third-order valence-electron chi connectivity index (χ3n) is 3.48. The van der Waals surface area contributed by atoms with Gasteiger partial charge in [-0.2, -0.15) is 0 Å². The lowest BCUT2D eigenvalue weighted by Crippen LogP contribution is -2.51. The number of fused-ring (bicyclic) bond motifs is 1. The first kappa shape index (κ1) is 18.0. The molecule has 0 radical (unpaired) electrons. The average Bonchev–Trinajstić information content (AvgIpc) is 2.74. The Bertz CT molecular complexity index is 754. The van der Waals surface area contributed by atoms with Gasteiger partial charge in [0.05, 0.1) is 11.4 Å². The summed E-state index contributed by atoms with van der Waals surface area (Å²) in [4.78, 5) is 21.3. The van der Waals surface area contributed by atoms with Crippen molar-refractivity contribution in [2.24, 2.45) is 0 Å². The Kier molecular flexibility index (Phi) is 5.20. The average molecular weight is 449 g/mol. The van der Waals surface area contributed by atoms with E-state index in [0.717, 1.165) is 8.96 Å². The van der Waals surface area contributed by atoms with Crippen LogP contribution < -0.4 is 0 Å². The van der Waals surface area contributed by atoms with Crippen LogP contribution in [0.15, 0.2) is 25.2 Å². The first-order valence-electron chi connectivity index (χ1n) is 6.96. The van der Waals surface area contributed by atoms with Gasteiger partial charge >= 0.3 is 6.09 Å². The Morgan fingerprint density at radius 3 is 2.74 bits per heavy atom. The molecule has 0 saturated heterocycles. The minimum atomic E-state index is -0.985. The van der Waals surface area contributed by atoms with Gasteiger partial charge in [0.15, 0.2) is 0 Å². The summed E-state index contributed by atoms with van der Waals surface area (Å²) in [6.07, 6.45) is 3.95. The maximum Gasteiger partial charge on any atom is 0.408 e. The second-order valence-electron chi connectivity index (χ2n) is 6.12. The van der Waals surface area contributed by atoms with Crippen molar-refractivity contribution in [1.29, 1.82) is 0 Å². The molecule has 0 aliphatic heterocycles. The molecular formula is C15H18ClIN4O2. The monoisotopic (exact) mass is 448 g/mol. The van der Waals surface area contributed by atoms with Gasteiger partial charge in [-0.25, -0.2) is 14.8 Å². The minimum absolute atomic E-state index is 0.388. The van der Waals surface area contributed by atoms with Gasteiger partial charge < -0.3 is 9.67 Å². The van der Waals surface area contributed by atoms with Crippen molar-refractivity contribution in [3.8, 4) is 0 Å². The SMILES string of the molecule is C=C[C@@H](Cn1cc(I)c2c(Cl)ncnc21)N(C(=O)O)C(C)(C)C. The first-order valence-corrected chi connectivity index (χ1v) is 8.42. The smallest absolute Gasteiger partial charge is 0.408 e. The lowest BCUT2D eigenvalue weighted by atomic mass is 10.0. The van der Waals surface area contributed by atoms with Crippen LogP contribution >= 0.6 is 34.2 Å². The number of carbonyl (C=O) groups is 1. The van der Waals surface area contributed by atoms with Gasteiger partial charge in [0, 0.05) is 21.9 Å². The minimum Gasteiger partial charge on any atom is -0.465 e. The summed E-state index contributed by atoms with van der Waals surface area (Å²) in [7, 11) is 0. The molecule has 124 valence electrons. The molecule has 2 rings (SSSR count). The number of aromatic nitrogens is 3. The predicted molar refractivity (Wildman–Crippen MR) is 98.9 cm³/mol. The molecular weight excluding hydrogens is 431 g/mol. The van der Waals surface area contributed by atoms with E-state index in [4.69, 9.17) is 11.6 Å². The van der Waals surface area contributed by atoms with E-state index in [1.165, 1.54) is 11.2 Å². The summed E-state index contributed by atoms with van der Waals surface area (Å²) in [5, 5.41) is 10.7. The Hall–Kier alpha value is -1.35. The summed E-state index contributed by atoms with van der Waals surface area (Å²) < 4.78 is 2.81. The van der Waals surface area contributed by atoms with Crippen LogP contribution in [0.2, 0.25) is 5.15 Å². The van der Waals surface area contributed by atoms with Crippen molar-refractivity contribution >= 4 is 51.3 Å². The van der Waals surface area contributed by atoms with Crippen LogP contribution in [0.5, 0.6) is 0 Å². The molecule has 2 aromatic rings. The van der Waals surface area contributed by atoms with Gasteiger partial charge in [-0.3, -0.25) is 4.90 Å². The fraction of sp³-hybridized carbons (Fsp3) is 0.400. The second kappa shape index (κ2) is 6.64. The molecule has 1 atom stereocenters. The molecule has 2 heterocycles. The van der Waals surface area contributed by atoms with Crippen molar-refractivity contribution in [3.63, 3.8) is 0 Å². The first-order chi connectivity index (χ1) is 10.7. The fourth-order valence-electron chi connectivity index (χ4n) is 2.57. The maximum atomic E-state index is 11.7. The Morgan fingerprint density at radius 2 is 2.22 bits per heavy atom. The molecule has 0 aromatic carbocycles. The molecule has 23 heavy (non-hydrogen) atoms. The van der Waals surface area contributed by atoms with Crippen LogP contribution in [0.3, 0.4) is 0 Å². The highest BCUT2D eigenvalue weighted by Gasteiger charge is 2.32. The molecule has 8 heteroatoms. The van der Waals surface area contributed by atoms with Gasteiger partial charge in [-0.05, 0) is 43.4 Å². The highest BCUT2D eigenvalue weighted by Crippen LogP contribution is 2.28. The van der Waals surface area contributed by atoms with Crippen molar-refractivity contribution in [2.45, 2.75) is 38.9 Å². The summed E-state index contributed by atoms with van der Waals surface area (Å²) >= 11 is 8.31. The topological polar surface area (TPSA) is 71.2 Å². The molecule has 6 nitrogen and oxygen atoms in total. The number of hydrogen-bond donors (Lipinski definition) is 1. The molecule has 0 saturated carbocycles. The molecule has 0 aliphatic rings. The van der Waals surface area contributed by atoms with Gasteiger partial charge in [0.25, 0.3) is 0 Å². The number of nitrogens with zero attached hydrogens (tertiary/aromatic N) is 4. The predicted octanol–water partition coefficient (Wildman–Crippen LogP) is 4.02. The number of halogens is 2. The van der Waals surface area contributed by atoms with Crippen LogP contribution in [0.4, 0.5) is 4.79 Å². The molecule has 1 amide bonds. The standard InChI is InChI=1S/C15H18ClIN4O2/c1-5-9(21(14(22)23)15(2,3)4)6-20-7-10(17)11-12(16)18-8-19-13(11)20/h5,7-9H,1,6H2,2-4H3,(H,22,23)/t9-/m0/s1. The molecule has 1 N–H and O–H groups in total. The highest BCUT2D eigenvalue weighted by atomic mass is 127. The summed E-state index contributed by atoms with van der Waals surface area (Å²) in [6, 6.07) is -0.396. The summed E-state index contributed by atoms with van der Waals surface area (Å²) in [5.74, 6) is 0.